The van der Waals surface area contributed by atoms with Crippen molar-refractivity contribution in [2.75, 3.05) is 0 Å². The van der Waals surface area contributed by atoms with Gasteiger partial charge in [0, 0.05) is 17.1 Å². The number of halogens is 2. The fourth-order valence-corrected chi connectivity index (χ4v) is 5.21. The van der Waals surface area contributed by atoms with E-state index in [1.807, 2.05) is 0 Å². The van der Waals surface area contributed by atoms with E-state index in [2.05, 4.69) is 10.3 Å². The van der Waals surface area contributed by atoms with E-state index in [4.69, 9.17) is 27.6 Å². The first-order chi connectivity index (χ1) is 15.5. The van der Waals surface area contributed by atoms with E-state index >= 15 is 0 Å². The van der Waals surface area contributed by atoms with Gasteiger partial charge in [0.05, 0.1) is 17.1 Å². The lowest BCUT2D eigenvalue weighted by Crippen LogP contribution is -2.41. The lowest BCUT2D eigenvalue weighted by Gasteiger charge is -2.33. The Hall–Kier alpha value is -2.05. The molecule has 0 unspecified atom stereocenters. The molecular formula is C24H29Cl2N3O3. The van der Waals surface area contributed by atoms with Gasteiger partial charge in [-0.05, 0) is 43.9 Å². The van der Waals surface area contributed by atoms with Crippen molar-refractivity contribution in [3.05, 3.63) is 51.7 Å². The molecule has 1 heterocycles. The summed E-state index contributed by atoms with van der Waals surface area (Å²) in [6, 6.07) is 5.17. The summed E-state index contributed by atoms with van der Waals surface area (Å²) in [5.41, 5.74) is 0.662. The zero-order valence-electron chi connectivity index (χ0n) is 18.1. The fourth-order valence-electron chi connectivity index (χ4n) is 4.72. The number of nitrogens with one attached hydrogen (secondary N) is 1. The number of carbonyl (C=O) groups excluding carboxylic acids is 2. The van der Waals surface area contributed by atoms with Crippen LogP contribution in [0.4, 0.5) is 0 Å². The van der Waals surface area contributed by atoms with Crippen LogP contribution in [-0.2, 0) is 6.54 Å². The maximum absolute atomic E-state index is 13.4. The third kappa shape index (κ3) is 5.65. The second kappa shape index (κ2) is 10.7. The van der Waals surface area contributed by atoms with E-state index in [1.54, 1.807) is 23.1 Å². The Balaban J connectivity index is 1.50. The predicted molar refractivity (Wildman–Crippen MR) is 124 cm³/mol. The van der Waals surface area contributed by atoms with Crippen LogP contribution < -0.4 is 5.32 Å². The molecule has 1 N–H and O–H groups in total. The number of aromatic nitrogens is 1. The van der Waals surface area contributed by atoms with Crippen molar-refractivity contribution in [2.45, 2.75) is 82.8 Å². The van der Waals surface area contributed by atoms with Gasteiger partial charge in [-0.3, -0.25) is 9.59 Å². The minimum Gasteiger partial charge on any atom is -0.446 e. The Morgan fingerprint density at radius 3 is 2.41 bits per heavy atom. The molecule has 172 valence electrons. The molecule has 32 heavy (non-hydrogen) atoms. The number of oxazole rings is 1. The monoisotopic (exact) mass is 477 g/mol. The Morgan fingerprint density at radius 2 is 1.72 bits per heavy atom. The van der Waals surface area contributed by atoms with Crippen molar-refractivity contribution in [1.82, 2.24) is 15.2 Å². The van der Waals surface area contributed by atoms with Crippen molar-refractivity contribution in [3.8, 4) is 0 Å². The number of hydrogen-bond donors (Lipinski definition) is 1. The summed E-state index contributed by atoms with van der Waals surface area (Å²) in [7, 11) is 0. The van der Waals surface area contributed by atoms with Crippen molar-refractivity contribution in [3.63, 3.8) is 0 Å². The van der Waals surface area contributed by atoms with Crippen molar-refractivity contribution < 1.29 is 14.0 Å². The molecule has 4 rings (SSSR count). The summed E-state index contributed by atoms with van der Waals surface area (Å²) in [6.07, 6.45) is 12.1. The van der Waals surface area contributed by atoms with Crippen LogP contribution in [-0.4, -0.2) is 33.8 Å². The maximum Gasteiger partial charge on any atom is 0.273 e. The van der Waals surface area contributed by atoms with E-state index in [1.165, 1.54) is 19.1 Å². The third-order valence-corrected chi connectivity index (χ3v) is 7.02. The van der Waals surface area contributed by atoms with Crippen LogP contribution in [0.5, 0.6) is 0 Å². The first-order valence-electron chi connectivity index (χ1n) is 11.5. The van der Waals surface area contributed by atoms with Crippen LogP contribution >= 0.6 is 23.2 Å². The average Bonchev–Trinajstić information content (AvgIpc) is 3.27. The standard InChI is InChI=1S/C24H29Cl2N3O3/c25-16-11-12-19(20(26)13-16)24(31)29(18-9-5-2-6-10-18)14-22-28-21(15-32-22)23(30)27-17-7-3-1-4-8-17/h11-13,15,17-18H,1-10,14H2,(H,27,30). The molecule has 0 saturated heterocycles. The summed E-state index contributed by atoms with van der Waals surface area (Å²) >= 11 is 12.3. The van der Waals surface area contributed by atoms with Crippen molar-refractivity contribution >= 4 is 35.0 Å². The van der Waals surface area contributed by atoms with Crippen molar-refractivity contribution in [1.29, 1.82) is 0 Å². The van der Waals surface area contributed by atoms with Gasteiger partial charge in [-0.25, -0.2) is 4.98 Å². The fraction of sp³-hybridized carbons (Fsp3) is 0.542. The molecule has 1 aromatic carbocycles. The van der Waals surface area contributed by atoms with Gasteiger partial charge in [-0.15, -0.1) is 0 Å². The van der Waals surface area contributed by atoms with E-state index in [9.17, 15) is 9.59 Å². The summed E-state index contributed by atoms with van der Waals surface area (Å²) in [5.74, 6) is -0.0454. The van der Waals surface area contributed by atoms with E-state index in [0.29, 0.717) is 21.5 Å². The zero-order valence-corrected chi connectivity index (χ0v) is 19.6. The van der Waals surface area contributed by atoms with Crippen LogP contribution in [0.3, 0.4) is 0 Å². The van der Waals surface area contributed by atoms with Gasteiger partial charge in [-0.1, -0.05) is 61.7 Å². The predicted octanol–water partition coefficient (Wildman–Crippen LogP) is 6.02. The molecule has 0 atom stereocenters. The van der Waals surface area contributed by atoms with Gasteiger partial charge < -0.3 is 14.6 Å². The SMILES string of the molecule is O=C(NC1CCCCC1)c1coc(CN(C(=O)c2ccc(Cl)cc2Cl)C2CCCCC2)n1. The van der Waals surface area contributed by atoms with Gasteiger partial charge in [-0.2, -0.15) is 0 Å². The van der Waals surface area contributed by atoms with Crippen LogP contribution in [0.25, 0.3) is 0 Å². The van der Waals surface area contributed by atoms with E-state index in [-0.39, 0.29) is 36.1 Å². The first kappa shape index (κ1) is 23.1. The topological polar surface area (TPSA) is 75.4 Å². The minimum atomic E-state index is -0.219. The highest BCUT2D eigenvalue weighted by molar-refractivity contribution is 6.36. The molecule has 0 radical (unpaired) electrons. The molecular weight excluding hydrogens is 449 g/mol. The lowest BCUT2D eigenvalue weighted by atomic mass is 9.93. The number of amides is 2. The molecule has 2 saturated carbocycles. The number of hydrogen-bond acceptors (Lipinski definition) is 4. The van der Waals surface area contributed by atoms with Gasteiger partial charge in [0.1, 0.15) is 6.26 Å². The first-order valence-corrected chi connectivity index (χ1v) is 12.3. The second-order valence-electron chi connectivity index (χ2n) is 8.78. The van der Waals surface area contributed by atoms with Crippen LogP contribution in [0, 0.1) is 0 Å². The number of benzene rings is 1. The van der Waals surface area contributed by atoms with Crippen LogP contribution in [0.15, 0.2) is 28.9 Å². The van der Waals surface area contributed by atoms with Gasteiger partial charge >= 0.3 is 0 Å². The maximum atomic E-state index is 13.4. The quantitative estimate of drug-likeness (QED) is 0.551. The molecule has 2 fully saturated rings. The number of rotatable bonds is 6. The third-order valence-electron chi connectivity index (χ3n) is 6.47. The molecule has 1 aromatic heterocycles. The largest absolute Gasteiger partial charge is 0.446 e. The van der Waals surface area contributed by atoms with Gasteiger partial charge in [0.15, 0.2) is 5.69 Å². The Labute approximate surface area is 198 Å². The molecule has 0 bridgehead atoms. The van der Waals surface area contributed by atoms with Gasteiger partial charge in [0.25, 0.3) is 11.8 Å². The highest BCUT2D eigenvalue weighted by atomic mass is 35.5. The van der Waals surface area contributed by atoms with Crippen LogP contribution in [0.1, 0.15) is 90.9 Å². The molecule has 2 aliphatic rings. The summed E-state index contributed by atoms with van der Waals surface area (Å²) in [5, 5.41) is 3.86. The molecule has 2 amide bonds. The van der Waals surface area contributed by atoms with Crippen molar-refractivity contribution in [2.24, 2.45) is 0 Å². The highest BCUT2D eigenvalue weighted by Gasteiger charge is 2.29. The Kier molecular flexibility index (Phi) is 7.74. The van der Waals surface area contributed by atoms with Gasteiger partial charge in [0.2, 0.25) is 5.89 Å². The zero-order chi connectivity index (χ0) is 22.5. The molecule has 8 heteroatoms. The van der Waals surface area contributed by atoms with Crippen LogP contribution in [0.2, 0.25) is 10.0 Å². The minimum absolute atomic E-state index is 0.0782. The Bertz CT molecular complexity index is 950. The number of carbonyl (C=O) groups is 2. The molecule has 6 nitrogen and oxygen atoms in total. The normalized spacial score (nSPS) is 17.8. The molecule has 2 aromatic rings. The highest BCUT2D eigenvalue weighted by Crippen LogP contribution is 2.29. The summed E-state index contributed by atoms with van der Waals surface area (Å²) in [4.78, 5) is 32.2. The molecule has 2 aliphatic carbocycles. The van der Waals surface area contributed by atoms with E-state index in [0.717, 1.165) is 51.4 Å². The summed E-state index contributed by atoms with van der Waals surface area (Å²) < 4.78 is 5.61. The molecule has 0 aliphatic heterocycles. The summed E-state index contributed by atoms with van der Waals surface area (Å²) in [6.45, 7) is 0.194. The Morgan fingerprint density at radius 1 is 1.03 bits per heavy atom. The molecule has 0 spiro atoms. The average molecular weight is 478 g/mol. The second-order valence-corrected chi connectivity index (χ2v) is 9.63. The number of nitrogens with zero attached hydrogens (tertiary/aromatic N) is 2. The lowest BCUT2D eigenvalue weighted by molar-refractivity contribution is 0.0592. The smallest absolute Gasteiger partial charge is 0.273 e. The van der Waals surface area contributed by atoms with E-state index < -0.39 is 0 Å².